The predicted molar refractivity (Wildman–Crippen MR) is 116 cm³/mol. The SMILES string of the molecule is CCOc1ccc(C(=O)C(=O)c2ccccc2CCCc2cccc(C)[n+]2N)cc1. The number of nitrogens with zero attached hydrogens (tertiary/aromatic N) is 1. The van der Waals surface area contributed by atoms with E-state index in [1.54, 1.807) is 41.1 Å². The van der Waals surface area contributed by atoms with Crippen LogP contribution in [0.2, 0.25) is 0 Å². The smallest absolute Gasteiger partial charge is 0.233 e. The van der Waals surface area contributed by atoms with E-state index in [0.29, 0.717) is 29.9 Å². The molecule has 2 N–H and O–H groups in total. The van der Waals surface area contributed by atoms with Gasteiger partial charge in [-0.15, -0.1) is 0 Å². The normalized spacial score (nSPS) is 10.6. The monoisotopic (exact) mass is 403 g/mol. The van der Waals surface area contributed by atoms with E-state index in [-0.39, 0.29) is 0 Å². The molecule has 2 aromatic carbocycles. The number of nitrogen functional groups attached to an aromatic ring is 1. The van der Waals surface area contributed by atoms with Crippen molar-refractivity contribution >= 4 is 11.6 Å². The first-order chi connectivity index (χ1) is 14.5. The average molecular weight is 404 g/mol. The molecule has 0 unspecified atom stereocenters. The van der Waals surface area contributed by atoms with E-state index in [9.17, 15) is 9.59 Å². The van der Waals surface area contributed by atoms with Crippen molar-refractivity contribution in [3.05, 3.63) is 94.8 Å². The number of aryl methyl sites for hydroxylation is 3. The maximum Gasteiger partial charge on any atom is 0.233 e. The number of carbonyl (C=O) groups is 2. The highest BCUT2D eigenvalue weighted by molar-refractivity contribution is 6.49. The summed E-state index contributed by atoms with van der Waals surface area (Å²) in [7, 11) is 0. The van der Waals surface area contributed by atoms with E-state index in [1.165, 1.54) is 0 Å². The van der Waals surface area contributed by atoms with Crippen LogP contribution in [0.1, 0.15) is 51.0 Å². The highest BCUT2D eigenvalue weighted by Crippen LogP contribution is 2.18. The van der Waals surface area contributed by atoms with E-state index in [4.69, 9.17) is 10.6 Å². The fraction of sp³-hybridized carbons (Fsp3) is 0.240. The van der Waals surface area contributed by atoms with Gasteiger partial charge < -0.3 is 4.74 Å². The van der Waals surface area contributed by atoms with Gasteiger partial charge in [0.15, 0.2) is 0 Å². The summed E-state index contributed by atoms with van der Waals surface area (Å²) in [5.74, 6) is 5.76. The third-order valence-corrected chi connectivity index (χ3v) is 5.09. The molecule has 1 aromatic heterocycles. The number of benzene rings is 2. The number of ketones is 2. The Bertz CT molecular complexity index is 1040. The van der Waals surface area contributed by atoms with Crippen molar-refractivity contribution in [1.29, 1.82) is 0 Å². The highest BCUT2D eigenvalue weighted by atomic mass is 16.5. The van der Waals surface area contributed by atoms with Crippen LogP contribution in [0.3, 0.4) is 0 Å². The van der Waals surface area contributed by atoms with Gasteiger partial charge in [0.1, 0.15) is 5.75 Å². The molecule has 0 aliphatic rings. The third-order valence-electron chi connectivity index (χ3n) is 5.09. The molecule has 0 radical (unpaired) electrons. The summed E-state index contributed by atoms with van der Waals surface area (Å²) in [6.07, 6.45) is 2.29. The molecule has 0 saturated heterocycles. The number of carbonyl (C=O) groups excluding carboxylic acids is 2. The van der Waals surface area contributed by atoms with Gasteiger partial charge in [0.25, 0.3) is 0 Å². The number of nitrogens with two attached hydrogens (primary N) is 1. The minimum Gasteiger partial charge on any atom is -0.494 e. The zero-order valence-electron chi connectivity index (χ0n) is 17.4. The van der Waals surface area contributed by atoms with E-state index < -0.39 is 11.6 Å². The average Bonchev–Trinajstić information content (AvgIpc) is 2.77. The molecule has 0 spiro atoms. The Kier molecular flexibility index (Phi) is 6.96. The second-order valence-electron chi connectivity index (χ2n) is 7.15. The molecule has 1 heterocycles. The molecule has 0 aliphatic heterocycles. The lowest BCUT2D eigenvalue weighted by Crippen LogP contribution is -2.50. The lowest BCUT2D eigenvalue weighted by molar-refractivity contribution is -0.653. The van der Waals surface area contributed by atoms with Crippen LogP contribution >= 0.6 is 0 Å². The van der Waals surface area contributed by atoms with Crippen LogP contribution in [-0.4, -0.2) is 18.2 Å². The zero-order valence-corrected chi connectivity index (χ0v) is 17.4. The maximum absolute atomic E-state index is 12.9. The fourth-order valence-electron chi connectivity index (χ4n) is 3.43. The van der Waals surface area contributed by atoms with Gasteiger partial charge >= 0.3 is 0 Å². The van der Waals surface area contributed by atoms with Crippen molar-refractivity contribution < 1.29 is 19.0 Å². The van der Waals surface area contributed by atoms with Crippen LogP contribution in [0.25, 0.3) is 0 Å². The minimum absolute atomic E-state index is 0.363. The van der Waals surface area contributed by atoms with Crippen molar-refractivity contribution in [2.24, 2.45) is 0 Å². The summed E-state index contributed by atoms with van der Waals surface area (Å²) in [6.45, 7) is 4.40. The summed E-state index contributed by atoms with van der Waals surface area (Å²) in [4.78, 5) is 25.6. The first-order valence-corrected chi connectivity index (χ1v) is 10.2. The largest absolute Gasteiger partial charge is 0.494 e. The molecule has 0 atom stereocenters. The van der Waals surface area contributed by atoms with Crippen LogP contribution < -0.4 is 15.3 Å². The van der Waals surface area contributed by atoms with Crippen LogP contribution in [0, 0.1) is 6.92 Å². The topological polar surface area (TPSA) is 73.3 Å². The Hall–Kier alpha value is -3.47. The number of aromatic nitrogens is 1. The van der Waals surface area contributed by atoms with Gasteiger partial charge in [-0.3, -0.25) is 9.59 Å². The number of Topliss-reactive ketones (excluding diaryl/α,β-unsaturated/α-hetero) is 2. The van der Waals surface area contributed by atoms with Gasteiger partial charge in [0, 0.05) is 36.6 Å². The van der Waals surface area contributed by atoms with E-state index in [0.717, 1.165) is 29.8 Å². The van der Waals surface area contributed by atoms with Crippen LogP contribution in [0.4, 0.5) is 0 Å². The summed E-state index contributed by atoms with van der Waals surface area (Å²) in [6, 6.07) is 19.9. The number of rotatable bonds is 9. The lowest BCUT2D eigenvalue weighted by atomic mass is 9.94. The second kappa shape index (κ2) is 9.83. The molecule has 5 heteroatoms. The van der Waals surface area contributed by atoms with Crippen LogP contribution in [-0.2, 0) is 12.8 Å². The maximum atomic E-state index is 12.9. The van der Waals surface area contributed by atoms with E-state index in [1.807, 2.05) is 44.2 Å². The summed E-state index contributed by atoms with van der Waals surface area (Å²) in [5.41, 5.74) is 3.72. The Balaban J connectivity index is 1.71. The Morgan fingerprint density at radius 1 is 0.900 bits per heavy atom. The van der Waals surface area contributed by atoms with Crippen molar-refractivity contribution in [2.75, 3.05) is 12.4 Å². The third kappa shape index (κ3) is 4.92. The number of ether oxygens (including phenoxy) is 1. The van der Waals surface area contributed by atoms with Crippen LogP contribution in [0.5, 0.6) is 5.75 Å². The van der Waals surface area contributed by atoms with Gasteiger partial charge in [0.05, 0.1) is 6.61 Å². The fourth-order valence-corrected chi connectivity index (χ4v) is 3.43. The quantitative estimate of drug-likeness (QED) is 0.256. The van der Waals surface area contributed by atoms with Crippen molar-refractivity contribution in [3.63, 3.8) is 0 Å². The molecule has 3 rings (SSSR count). The van der Waals surface area contributed by atoms with Gasteiger partial charge in [-0.2, -0.15) is 0 Å². The molecule has 0 amide bonds. The van der Waals surface area contributed by atoms with E-state index >= 15 is 0 Å². The standard InChI is InChI=1S/C25H27N2O3/c1-3-30-22-16-14-20(15-17-22)24(28)25(29)23-13-5-4-9-19(23)10-7-12-21-11-6-8-18(2)27(21)26/h4-6,8-9,11,13-17H,3,7,10,12,26H2,1-2H3/q+1. The molecule has 0 saturated carbocycles. The van der Waals surface area contributed by atoms with Crippen molar-refractivity contribution in [3.8, 4) is 5.75 Å². The van der Waals surface area contributed by atoms with Gasteiger partial charge in [-0.05, 0) is 55.7 Å². The first-order valence-electron chi connectivity index (χ1n) is 10.2. The Morgan fingerprint density at radius 3 is 2.37 bits per heavy atom. The summed E-state index contributed by atoms with van der Waals surface area (Å²) in [5, 5.41) is 0. The molecule has 5 nitrogen and oxygen atoms in total. The second-order valence-corrected chi connectivity index (χ2v) is 7.15. The number of hydrogen-bond acceptors (Lipinski definition) is 4. The molecule has 30 heavy (non-hydrogen) atoms. The molecule has 3 aromatic rings. The molecular formula is C25H27N2O3+. The van der Waals surface area contributed by atoms with E-state index in [2.05, 4.69) is 0 Å². The van der Waals surface area contributed by atoms with Crippen molar-refractivity contribution in [2.45, 2.75) is 33.1 Å². The van der Waals surface area contributed by atoms with Crippen LogP contribution in [0.15, 0.2) is 66.7 Å². The zero-order chi connectivity index (χ0) is 21.5. The summed E-state index contributed by atoms with van der Waals surface area (Å²) < 4.78 is 7.08. The molecule has 0 fully saturated rings. The first kappa shape index (κ1) is 21.2. The summed E-state index contributed by atoms with van der Waals surface area (Å²) >= 11 is 0. The minimum atomic E-state index is -0.510. The molecule has 0 bridgehead atoms. The Labute approximate surface area is 177 Å². The van der Waals surface area contributed by atoms with Gasteiger partial charge in [-0.25, -0.2) is 5.84 Å². The molecular weight excluding hydrogens is 376 g/mol. The number of pyridine rings is 1. The van der Waals surface area contributed by atoms with Crippen molar-refractivity contribution in [1.82, 2.24) is 0 Å². The lowest BCUT2D eigenvalue weighted by Gasteiger charge is -2.09. The van der Waals surface area contributed by atoms with Gasteiger partial charge in [-0.1, -0.05) is 28.9 Å². The highest BCUT2D eigenvalue weighted by Gasteiger charge is 2.21. The van der Waals surface area contributed by atoms with Gasteiger partial charge in [0.2, 0.25) is 23.0 Å². The molecule has 154 valence electrons. The predicted octanol–water partition coefficient (Wildman–Crippen LogP) is 3.64. The number of hydrogen-bond donors (Lipinski definition) is 1. The Morgan fingerprint density at radius 2 is 1.63 bits per heavy atom. The molecule has 0 aliphatic carbocycles.